The molecule has 2 rings (SSSR count). The first-order valence-electron chi connectivity index (χ1n) is 7.11. The maximum absolute atomic E-state index is 4.41. The summed E-state index contributed by atoms with van der Waals surface area (Å²) in [6, 6.07) is 0. The molecule has 4 nitrogen and oxygen atoms in total. The first-order chi connectivity index (χ1) is 8.70. The Hall–Kier alpha value is -0.870. The van der Waals surface area contributed by atoms with Crippen LogP contribution in [0.25, 0.3) is 0 Å². The fraction of sp³-hybridized carbons (Fsp3) is 0.786. The van der Waals surface area contributed by atoms with E-state index in [4.69, 9.17) is 0 Å². The van der Waals surface area contributed by atoms with Gasteiger partial charge in [-0.15, -0.1) is 0 Å². The molecule has 0 bridgehead atoms. The molecule has 1 aliphatic heterocycles. The van der Waals surface area contributed by atoms with E-state index in [1.807, 2.05) is 6.20 Å². The van der Waals surface area contributed by atoms with Crippen LogP contribution in [-0.4, -0.2) is 41.4 Å². The van der Waals surface area contributed by atoms with Crippen LogP contribution < -0.4 is 5.32 Å². The average molecular weight is 250 g/mol. The lowest BCUT2D eigenvalue weighted by atomic mass is 9.99. The Labute approximate surface area is 110 Å². The molecular formula is C14H26N4. The molecule has 1 aromatic rings. The van der Waals surface area contributed by atoms with Crippen molar-refractivity contribution in [3.8, 4) is 0 Å². The highest BCUT2D eigenvalue weighted by Gasteiger charge is 2.16. The zero-order chi connectivity index (χ0) is 13.0. The van der Waals surface area contributed by atoms with Crippen LogP contribution in [0.15, 0.2) is 6.20 Å². The molecule has 102 valence electrons. The van der Waals surface area contributed by atoms with Gasteiger partial charge in [0.15, 0.2) is 0 Å². The van der Waals surface area contributed by atoms with E-state index in [0.717, 1.165) is 19.0 Å². The van der Waals surface area contributed by atoms with E-state index in [-0.39, 0.29) is 0 Å². The van der Waals surface area contributed by atoms with Crippen molar-refractivity contribution >= 4 is 0 Å². The molecule has 4 heteroatoms. The lowest BCUT2D eigenvalue weighted by Crippen LogP contribution is -2.36. The Morgan fingerprint density at radius 1 is 1.56 bits per heavy atom. The van der Waals surface area contributed by atoms with E-state index >= 15 is 0 Å². The van der Waals surface area contributed by atoms with Crippen molar-refractivity contribution in [2.75, 3.05) is 26.7 Å². The number of nitrogens with zero attached hydrogens (tertiary/aromatic N) is 3. The summed E-state index contributed by atoms with van der Waals surface area (Å²) in [5.41, 5.74) is 2.68. The van der Waals surface area contributed by atoms with Crippen LogP contribution in [0, 0.1) is 12.8 Å². The van der Waals surface area contributed by atoms with E-state index in [1.165, 1.54) is 43.7 Å². The summed E-state index contributed by atoms with van der Waals surface area (Å²) in [4.78, 5) is 2.43. The van der Waals surface area contributed by atoms with Crippen LogP contribution in [-0.2, 0) is 13.1 Å². The Bertz CT molecular complexity index is 366. The van der Waals surface area contributed by atoms with Gasteiger partial charge in [-0.1, -0.05) is 0 Å². The highest BCUT2D eigenvalue weighted by atomic mass is 15.3. The molecule has 1 aliphatic rings. The number of rotatable bonds is 5. The van der Waals surface area contributed by atoms with Crippen LogP contribution in [0.5, 0.6) is 0 Å². The lowest BCUT2D eigenvalue weighted by Gasteiger charge is -2.27. The summed E-state index contributed by atoms with van der Waals surface area (Å²) >= 11 is 0. The Morgan fingerprint density at radius 2 is 2.39 bits per heavy atom. The number of hydrogen-bond donors (Lipinski definition) is 1. The number of piperidine rings is 1. The summed E-state index contributed by atoms with van der Waals surface area (Å²) in [6.07, 6.45) is 4.71. The van der Waals surface area contributed by atoms with Crippen molar-refractivity contribution < 1.29 is 0 Å². The van der Waals surface area contributed by atoms with E-state index in [2.05, 4.69) is 40.9 Å². The molecule has 1 aromatic heterocycles. The topological polar surface area (TPSA) is 33.1 Å². The van der Waals surface area contributed by atoms with Crippen molar-refractivity contribution in [2.24, 2.45) is 5.92 Å². The summed E-state index contributed by atoms with van der Waals surface area (Å²) in [5, 5.41) is 7.90. The molecule has 2 heterocycles. The van der Waals surface area contributed by atoms with Gasteiger partial charge in [-0.2, -0.15) is 5.10 Å². The van der Waals surface area contributed by atoms with Gasteiger partial charge in [-0.25, -0.2) is 0 Å². The minimum atomic E-state index is 0.810. The monoisotopic (exact) mass is 250 g/mol. The van der Waals surface area contributed by atoms with Crippen LogP contribution in [0.3, 0.4) is 0 Å². The van der Waals surface area contributed by atoms with Gasteiger partial charge in [0.05, 0.1) is 6.20 Å². The van der Waals surface area contributed by atoms with E-state index in [9.17, 15) is 0 Å². The molecular weight excluding hydrogens is 224 g/mol. The highest BCUT2D eigenvalue weighted by molar-refractivity contribution is 5.15. The minimum absolute atomic E-state index is 0.810. The van der Waals surface area contributed by atoms with Crippen molar-refractivity contribution in [1.29, 1.82) is 0 Å². The van der Waals surface area contributed by atoms with E-state index < -0.39 is 0 Å². The third-order valence-corrected chi connectivity index (χ3v) is 3.91. The molecule has 0 aromatic carbocycles. The normalized spacial score (nSPS) is 20.6. The molecule has 1 fully saturated rings. The Balaban J connectivity index is 1.85. The quantitative estimate of drug-likeness (QED) is 0.862. The fourth-order valence-corrected chi connectivity index (χ4v) is 2.84. The van der Waals surface area contributed by atoms with Gasteiger partial charge in [0, 0.05) is 30.9 Å². The number of aromatic nitrogens is 2. The van der Waals surface area contributed by atoms with Crippen LogP contribution in [0.4, 0.5) is 0 Å². The smallest absolute Gasteiger partial charge is 0.0537 e. The summed E-state index contributed by atoms with van der Waals surface area (Å²) in [6.45, 7) is 9.84. The minimum Gasteiger partial charge on any atom is -0.316 e. The van der Waals surface area contributed by atoms with Crippen molar-refractivity contribution in [3.05, 3.63) is 17.5 Å². The molecule has 1 atom stereocenters. The van der Waals surface area contributed by atoms with Gasteiger partial charge in [0.1, 0.15) is 0 Å². The average Bonchev–Trinajstić information content (AvgIpc) is 2.71. The van der Waals surface area contributed by atoms with E-state index in [1.54, 1.807) is 0 Å². The molecule has 0 saturated carbocycles. The van der Waals surface area contributed by atoms with Crippen LogP contribution in [0.1, 0.15) is 31.0 Å². The van der Waals surface area contributed by atoms with Crippen molar-refractivity contribution in [3.63, 3.8) is 0 Å². The number of hydrogen-bond acceptors (Lipinski definition) is 3. The summed E-state index contributed by atoms with van der Waals surface area (Å²) in [7, 11) is 2.22. The molecule has 1 saturated heterocycles. The second-order valence-corrected chi connectivity index (χ2v) is 5.48. The first kappa shape index (κ1) is 13.6. The maximum atomic E-state index is 4.41. The molecule has 0 aliphatic carbocycles. The van der Waals surface area contributed by atoms with Crippen molar-refractivity contribution in [1.82, 2.24) is 20.0 Å². The van der Waals surface area contributed by atoms with E-state index in [0.29, 0.717) is 0 Å². The summed E-state index contributed by atoms with van der Waals surface area (Å²) in [5.74, 6) is 0.810. The Kier molecular flexibility index (Phi) is 4.78. The summed E-state index contributed by atoms with van der Waals surface area (Å²) < 4.78 is 2.07. The third-order valence-electron chi connectivity index (χ3n) is 3.91. The standard InChI is InChI=1S/C14H26N4/c1-4-18-12(2)14(9-16-18)11-17(3)10-13-6-5-7-15-8-13/h9,13,15H,4-8,10-11H2,1-3H3/t13-/m0/s1. The number of nitrogens with one attached hydrogen (secondary N) is 1. The molecule has 0 unspecified atom stereocenters. The largest absolute Gasteiger partial charge is 0.316 e. The second kappa shape index (κ2) is 6.34. The number of aryl methyl sites for hydroxylation is 1. The predicted molar refractivity (Wildman–Crippen MR) is 74.6 cm³/mol. The highest BCUT2D eigenvalue weighted by Crippen LogP contribution is 2.14. The van der Waals surface area contributed by atoms with Crippen molar-refractivity contribution in [2.45, 2.75) is 39.8 Å². The van der Waals surface area contributed by atoms with Crippen LogP contribution >= 0.6 is 0 Å². The zero-order valence-corrected chi connectivity index (χ0v) is 11.9. The molecule has 0 amide bonds. The predicted octanol–water partition coefficient (Wildman–Crippen LogP) is 1.64. The van der Waals surface area contributed by atoms with Gasteiger partial charge < -0.3 is 10.2 Å². The van der Waals surface area contributed by atoms with Gasteiger partial charge in [-0.3, -0.25) is 4.68 Å². The van der Waals surface area contributed by atoms with Crippen LogP contribution in [0.2, 0.25) is 0 Å². The Morgan fingerprint density at radius 3 is 3.00 bits per heavy atom. The SMILES string of the molecule is CCn1ncc(CN(C)C[C@H]2CCCNC2)c1C. The lowest BCUT2D eigenvalue weighted by molar-refractivity contribution is 0.237. The molecule has 0 spiro atoms. The van der Waals surface area contributed by atoms with Gasteiger partial charge in [-0.05, 0) is 52.7 Å². The van der Waals surface area contributed by atoms with Gasteiger partial charge >= 0.3 is 0 Å². The van der Waals surface area contributed by atoms with Gasteiger partial charge in [0.25, 0.3) is 0 Å². The maximum Gasteiger partial charge on any atom is 0.0537 e. The van der Waals surface area contributed by atoms with Gasteiger partial charge in [0.2, 0.25) is 0 Å². The third kappa shape index (κ3) is 3.33. The molecule has 0 radical (unpaired) electrons. The first-order valence-corrected chi connectivity index (χ1v) is 7.11. The molecule has 1 N–H and O–H groups in total. The molecule has 18 heavy (non-hydrogen) atoms. The second-order valence-electron chi connectivity index (χ2n) is 5.48. The zero-order valence-electron chi connectivity index (χ0n) is 11.9. The fourth-order valence-electron chi connectivity index (χ4n) is 2.84.